The zero-order chi connectivity index (χ0) is 15.4. The smallest absolute Gasteiger partial charge is 0.283 e. The Bertz CT molecular complexity index is 650. The van der Waals surface area contributed by atoms with Gasteiger partial charge in [0.05, 0.1) is 9.82 Å². The van der Waals surface area contributed by atoms with Gasteiger partial charge in [0.15, 0.2) is 5.82 Å². The number of aromatic nitrogens is 2. The molecule has 0 amide bonds. The average molecular weight is 345 g/mol. The van der Waals surface area contributed by atoms with Crippen molar-refractivity contribution in [2.75, 3.05) is 13.3 Å². The van der Waals surface area contributed by atoms with Crippen molar-refractivity contribution >= 4 is 29.9 Å². The van der Waals surface area contributed by atoms with Crippen LogP contribution in [0.25, 0.3) is 11.5 Å². The minimum Gasteiger partial charge on any atom is -0.334 e. The molecule has 1 aromatic heterocycles. The number of nitro groups is 1. The van der Waals surface area contributed by atoms with E-state index < -0.39 is 4.92 Å². The summed E-state index contributed by atoms with van der Waals surface area (Å²) in [6.07, 6.45) is 2.43. The summed E-state index contributed by atoms with van der Waals surface area (Å²) in [6, 6.07) is 5.13. The van der Waals surface area contributed by atoms with E-state index in [2.05, 4.69) is 15.5 Å². The van der Waals surface area contributed by atoms with Crippen LogP contribution in [0.15, 0.2) is 27.6 Å². The lowest BCUT2D eigenvalue weighted by Gasteiger charge is -2.04. The van der Waals surface area contributed by atoms with E-state index in [1.165, 1.54) is 17.8 Å². The first kappa shape index (κ1) is 18.4. The molecular weight excluding hydrogens is 328 g/mol. The Hall–Kier alpha value is -1.64. The first-order valence-electron chi connectivity index (χ1n) is 6.37. The fourth-order valence-electron chi connectivity index (χ4n) is 1.80. The van der Waals surface area contributed by atoms with Gasteiger partial charge in [0, 0.05) is 24.1 Å². The number of hydrogen-bond acceptors (Lipinski definition) is 7. The van der Waals surface area contributed by atoms with Crippen LogP contribution in [0.1, 0.15) is 12.7 Å². The van der Waals surface area contributed by atoms with Crippen LogP contribution in [0.3, 0.4) is 0 Å². The maximum atomic E-state index is 11.1. The summed E-state index contributed by atoms with van der Waals surface area (Å²) in [5.41, 5.74) is 0.596. The lowest BCUT2D eigenvalue weighted by molar-refractivity contribution is -0.387. The first-order valence-corrected chi connectivity index (χ1v) is 7.60. The van der Waals surface area contributed by atoms with Gasteiger partial charge in [0.25, 0.3) is 11.6 Å². The van der Waals surface area contributed by atoms with E-state index in [1.807, 2.05) is 14.0 Å². The molecule has 0 saturated carbocycles. The molecule has 0 radical (unpaired) electrons. The molecule has 22 heavy (non-hydrogen) atoms. The highest BCUT2D eigenvalue weighted by molar-refractivity contribution is 7.98. The van der Waals surface area contributed by atoms with Crippen LogP contribution >= 0.6 is 24.2 Å². The Morgan fingerprint density at radius 1 is 1.50 bits per heavy atom. The molecule has 0 saturated heterocycles. The Labute approximate surface area is 138 Å². The van der Waals surface area contributed by atoms with E-state index >= 15 is 0 Å². The van der Waals surface area contributed by atoms with Gasteiger partial charge < -0.3 is 9.84 Å². The van der Waals surface area contributed by atoms with Gasteiger partial charge in [-0.3, -0.25) is 10.1 Å². The zero-order valence-electron chi connectivity index (χ0n) is 12.4. The predicted octanol–water partition coefficient (Wildman–Crippen LogP) is 2.94. The van der Waals surface area contributed by atoms with Gasteiger partial charge in [-0.2, -0.15) is 4.98 Å². The highest BCUT2D eigenvalue weighted by atomic mass is 35.5. The number of thioether (sulfide) groups is 1. The van der Waals surface area contributed by atoms with Crippen molar-refractivity contribution in [3.8, 4) is 11.5 Å². The van der Waals surface area contributed by atoms with Gasteiger partial charge in [0.1, 0.15) is 0 Å². The normalized spacial score (nSPS) is 11.8. The second-order valence-electron chi connectivity index (χ2n) is 4.55. The van der Waals surface area contributed by atoms with E-state index in [-0.39, 0.29) is 24.1 Å². The maximum absolute atomic E-state index is 11.1. The number of likely N-dealkylation sites (N-methyl/N-ethyl adjacent to an activating group) is 1. The van der Waals surface area contributed by atoms with Gasteiger partial charge in [-0.1, -0.05) is 5.16 Å². The fraction of sp³-hybridized carbons (Fsp3) is 0.385. The van der Waals surface area contributed by atoms with Crippen LogP contribution in [0.5, 0.6) is 0 Å². The van der Waals surface area contributed by atoms with Crippen molar-refractivity contribution in [3.05, 3.63) is 34.1 Å². The Kier molecular flexibility index (Phi) is 6.79. The molecule has 1 heterocycles. The van der Waals surface area contributed by atoms with Gasteiger partial charge in [-0.15, -0.1) is 24.2 Å². The Morgan fingerprint density at radius 2 is 2.23 bits per heavy atom. The molecule has 120 valence electrons. The van der Waals surface area contributed by atoms with Crippen LogP contribution in [0, 0.1) is 10.1 Å². The van der Waals surface area contributed by atoms with Gasteiger partial charge in [0.2, 0.25) is 0 Å². The van der Waals surface area contributed by atoms with E-state index in [4.69, 9.17) is 4.52 Å². The Balaban J connectivity index is 0.00000242. The van der Waals surface area contributed by atoms with Crippen molar-refractivity contribution < 1.29 is 9.45 Å². The minimum absolute atomic E-state index is 0. The molecule has 2 rings (SSSR count). The van der Waals surface area contributed by atoms with Gasteiger partial charge >= 0.3 is 0 Å². The van der Waals surface area contributed by atoms with Crippen molar-refractivity contribution in [1.82, 2.24) is 15.5 Å². The van der Waals surface area contributed by atoms with E-state index in [9.17, 15) is 10.1 Å². The molecule has 7 nitrogen and oxygen atoms in total. The fourth-order valence-corrected chi connectivity index (χ4v) is 2.34. The third-order valence-corrected chi connectivity index (χ3v) is 3.86. The monoisotopic (exact) mass is 344 g/mol. The standard InChI is InChI=1S/C13H16N4O3S.ClH/c1-8(14-2)6-12-15-13(20-16-12)9-4-5-11(21-3)10(7-9)17(18)19;/h4-5,7-8,14H,6H2,1-3H3;1H. The lowest BCUT2D eigenvalue weighted by atomic mass is 10.2. The molecule has 0 bridgehead atoms. The summed E-state index contributed by atoms with van der Waals surface area (Å²) >= 11 is 1.33. The summed E-state index contributed by atoms with van der Waals surface area (Å²) in [5.74, 6) is 0.868. The molecule has 0 aliphatic rings. The number of nitro benzene ring substituents is 1. The van der Waals surface area contributed by atoms with Crippen LogP contribution in [-0.2, 0) is 6.42 Å². The second kappa shape index (κ2) is 8.11. The molecule has 0 fully saturated rings. The SMILES string of the molecule is CNC(C)Cc1noc(-c2ccc(SC)c([N+](=O)[O-])c2)n1.Cl. The predicted molar refractivity (Wildman–Crippen MR) is 87.6 cm³/mol. The average Bonchev–Trinajstić information content (AvgIpc) is 2.94. The van der Waals surface area contributed by atoms with Crippen molar-refractivity contribution in [2.24, 2.45) is 0 Å². The van der Waals surface area contributed by atoms with E-state index in [0.717, 1.165) is 0 Å². The highest BCUT2D eigenvalue weighted by Gasteiger charge is 2.18. The zero-order valence-corrected chi connectivity index (χ0v) is 14.0. The molecular formula is C13H17ClN4O3S. The topological polar surface area (TPSA) is 94.1 Å². The lowest BCUT2D eigenvalue weighted by Crippen LogP contribution is -2.24. The second-order valence-corrected chi connectivity index (χ2v) is 5.40. The number of nitrogens with zero attached hydrogens (tertiary/aromatic N) is 3. The largest absolute Gasteiger partial charge is 0.334 e. The number of halogens is 1. The van der Waals surface area contributed by atoms with E-state index in [1.54, 1.807) is 18.4 Å². The molecule has 0 aliphatic carbocycles. The van der Waals surface area contributed by atoms with Crippen LogP contribution in [0.2, 0.25) is 0 Å². The molecule has 1 aromatic carbocycles. The third kappa shape index (κ3) is 4.19. The van der Waals surface area contributed by atoms with Crippen LogP contribution in [-0.4, -0.2) is 34.4 Å². The molecule has 9 heteroatoms. The van der Waals surface area contributed by atoms with E-state index in [0.29, 0.717) is 28.6 Å². The molecule has 1 unspecified atom stereocenters. The van der Waals surface area contributed by atoms with Crippen molar-refractivity contribution in [1.29, 1.82) is 0 Å². The van der Waals surface area contributed by atoms with Crippen LogP contribution < -0.4 is 5.32 Å². The summed E-state index contributed by atoms with van der Waals surface area (Å²) < 4.78 is 5.19. The molecule has 0 spiro atoms. The number of benzene rings is 1. The molecule has 2 aromatic rings. The van der Waals surface area contributed by atoms with Crippen LogP contribution in [0.4, 0.5) is 5.69 Å². The quantitative estimate of drug-likeness (QED) is 0.489. The molecule has 1 atom stereocenters. The maximum Gasteiger partial charge on any atom is 0.283 e. The van der Waals surface area contributed by atoms with Crippen molar-refractivity contribution in [3.63, 3.8) is 0 Å². The van der Waals surface area contributed by atoms with Gasteiger partial charge in [-0.05, 0) is 32.4 Å². The van der Waals surface area contributed by atoms with Crippen molar-refractivity contribution in [2.45, 2.75) is 24.3 Å². The Morgan fingerprint density at radius 3 is 2.82 bits per heavy atom. The number of hydrogen-bond donors (Lipinski definition) is 1. The summed E-state index contributed by atoms with van der Waals surface area (Å²) in [7, 11) is 1.86. The van der Waals surface area contributed by atoms with Gasteiger partial charge in [-0.25, -0.2) is 0 Å². The highest BCUT2D eigenvalue weighted by Crippen LogP contribution is 2.31. The third-order valence-electron chi connectivity index (χ3n) is 3.07. The molecule has 1 N–H and O–H groups in total. The molecule has 0 aliphatic heterocycles. The first-order chi connectivity index (χ1) is 10.0. The number of nitrogens with one attached hydrogen (secondary N) is 1. The summed E-state index contributed by atoms with van der Waals surface area (Å²) in [5, 5.41) is 18.1. The summed E-state index contributed by atoms with van der Waals surface area (Å²) in [4.78, 5) is 15.5. The summed E-state index contributed by atoms with van der Waals surface area (Å²) in [6.45, 7) is 2.01. The number of rotatable bonds is 6. The minimum atomic E-state index is -0.407.